The highest BCUT2D eigenvalue weighted by Gasteiger charge is 2.47. The van der Waals surface area contributed by atoms with Crippen molar-refractivity contribution in [1.82, 2.24) is 4.90 Å². The first kappa shape index (κ1) is 14.8. The van der Waals surface area contributed by atoms with Gasteiger partial charge in [-0.15, -0.1) is 11.6 Å². The third-order valence-corrected chi connectivity index (χ3v) is 3.52. The van der Waals surface area contributed by atoms with Gasteiger partial charge in [0.1, 0.15) is 0 Å². The SMILES string of the molecule is O=C(CCl)C1Cc2ccccc2CN1C(=O)C(F)(F)F. The van der Waals surface area contributed by atoms with Gasteiger partial charge in [-0.3, -0.25) is 9.59 Å². The van der Waals surface area contributed by atoms with Crippen LogP contribution in [0.25, 0.3) is 0 Å². The topological polar surface area (TPSA) is 37.4 Å². The Kier molecular flexibility index (Phi) is 4.04. The van der Waals surface area contributed by atoms with E-state index in [1.165, 1.54) is 0 Å². The Hall–Kier alpha value is -1.56. The predicted octanol–water partition coefficient (Wildman–Crippen LogP) is 2.31. The number of carbonyl (C=O) groups excluding carboxylic acids is 2. The Bertz CT molecular complexity index is 545. The number of hydrogen-bond acceptors (Lipinski definition) is 2. The number of Topliss-reactive ketones (excluding diaryl/α,β-unsaturated/α-hetero) is 1. The lowest BCUT2D eigenvalue weighted by molar-refractivity contribution is -0.189. The van der Waals surface area contributed by atoms with Crippen molar-refractivity contribution >= 4 is 23.3 Å². The molecule has 3 nitrogen and oxygen atoms in total. The van der Waals surface area contributed by atoms with Crippen molar-refractivity contribution in [3.05, 3.63) is 35.4 Å². The Balaban J connectivity index is 2.38. The molecular formula is C13H11ClF3NO2. The molecule has 0 saturated carbocycles. The smallest absolute Gasteiger partial charge is 0.320 e. The molecule has 0 fully saturated rings. The minimum Gasteiger partial charge on any atom is -0.320 e. The van der Waals surface area contributed by atoms with Crippen LogP contribution in [0.15, 0.2) is 24.3 Å². The third-order valence-electron chi connectivity index (χ3n) is 3.26. The maximum Gasteiger partial charge on any atom is 0.471 e. The van der Waals surface area contributed by atoms with Gasteiger partial charge in [0.15, 0.2) is 5.78 Å². The first-order valence-corrected chi connectivity index (χ1v) is 6.41. The zero-order valence-electron chi connectivity index (χ0n) is 10.3. The normalized spacial score (nSPS) is 18.6. The highest BCUT2D eigenvalue weighted by atomic mass is 35.5. The standard InChI is InChI=1S/C13H11ClF3NO2/c14-6-11(19)10-5-8-3-1-2-4-9(8)7-18(10)12(20)13(15,16)17/h1-4,10H,5-7H2. The molecule has 2 rings (SSSR count). The molecule has 1 amide bonds. The van der Waals surface area contributed by atoms with Gasteiger partial charge in [-0.05, 0) is 11.1 Å². The summed E-state index contributed by atoms with van der Waals surface area (Å²) in [6, 6.07) is 5.64. The summed E-state index contributed by atoms with van der Waals surface area (Å²) in [5, 5.41) is 0. The number of ketones is 1. The fourth-order valence-electron chi connectivity index (χ4n) is 2.28. The van der Waals surface area contributed by atoms with Crippen molar-refractivity contribution in [3.63, 3.8) is 0 Å². The summed E-state index contributed by atoms with van der Waals surface area (Å²) in [5.74, 6) is -3.01. The number of carbonyl (C=O) groups is 2. The molecular weight excluding hydrogens is 295 g/mol. The molecule has 0 aliphatic carbocycles. The molecule has 20 heavy (non-hydrogen) atoms. The van der Waals surface area contributed by atoms with Gasteiger partial charge < -0.3 is 4.90 Å². The molecule has 0 N–H and O–H groups in total. The summed E-state index contributed by atoms with van der Waals surface area (Å²) >= 11 is 5.43. The van der Waals surface area contributed by atoms with Crippen LogP contribution in [0.2, 0.25) is 0 Å². The zero-order chi connectivity index (χ0) is 14.9. The van der Waals surface area contributed by atoms with Crippen LogP contribution in [0.1, 0.15) is 11.1 Å². The van der Waals surface area contributed by atoms with Gasteiger partial charge in [0.2, 0.25) is 0 Å². The maximum atomic E-state index is 12.6. The number of hydrogen-bond donors (Lipinski definition) is 0. The Morgan fingerprint density at radius 1 is 1.25 bits per heavy atom. The minimum atomic E-state index is -5.00. The number of amides is 1. The van der Waals surface area contributed by atoms with Gasteiger partial charge in [-0.1, -0.05) is 24.3 Å². The van der Waals surface area contributed by atoms with Gasteiger partial charge >= 0.3 is 12.1 Å². The zero-order valence-corrected chi connectivity index (χ0v) is 11.0. The molecule has 1 aliphatic heterocycles. The highest BCUT2D eigenvalue weighted by molar-refractivity contribution is 6.28. The van der Waals surface area contributed by atoms with E-state index in [-0.39, 0.29) is 13.0 Å². The van der Waals surface area contributed by atoms with Crippen LogP contribution >= 0.6 is 11.6 Å². The van der Waals surface area contributed by atoms with E-state index in [9.17, 15) is 22.8 Å². The highest BCUT2D eigenvalue weighted by Crippen LogP contribution is 2.28. The average Bonchev–Trinajstić information content (AvgIpc) is 2.43. The van der Waals surface area contributed by atoms with Crippen LogP contribution < -0.4 is 0 Å². The first-order chi connectivity index (χ1) is 9.34. The number of alkyl halides is 4. The lowest BCUT2D eigenvalue weighted by atomic mass is 9.92. The van der Waals surface area contributed by atoms with Crippen molar-refractivity contribution in [2.45, 2.75) is 25.2 Å². The quantitative estimate of drug-likeness (QED) is 0.786. The summed E-state index contributed by atoms with van der Waals surface area (Å²) < 4.78 is 37.8. The Morgan fingerprint density at radius 2 is 1.85 bits per heavy atom. The minimum absolute atomic E-state index is 0.0591. The lowest BCUT2D eigenvalue weighted by Gasteiger charge is -2.36. The molecule has 0 spiro atoms. The van der Waals surface area contributed by atoms with Crippen molar-refractivity contribution < 1.29 is 22.8 Å². The molecule has 0 radical (unpaired) electrons. The van der Waals surface area contributed by atoms with E-state index >= 15 is 0 Å². The molecule has 7 heteroatoms. The molecule has 0 bridgehead atoms. The van der Waals surface area contributed by atoms with Crippen molar-refractivity contribution in [2.24, 2.45) is 0 Å². The van der Waals surface area contributed by atoms with Gasteiger partial charge in [-0.25, -0.2) is 0 Å². The van der Waals surface area contributed by atoms with E-state index in [1.54, 1.807) is 24.3 Å². The molecule has 1 aliphatic rings. The summed E-state index contributed by atoms with van der Waals surface area (Å²) in [6.45, 7) is -0.234. The van der Waals surface area contributed by atoms with Gasteiger partial charge in [0.05, 0.1) is 11.9 Å². The van der Waals surface area contributed by atoms with Gasteiger partial charge in [0.25, 0.3) is 0 Å². The van der Waals surface area contributed by atoms with Crippen molar-refractivity contribution in [3.8, 4) is 0 Å². The number of fused-ring (bicyclic) bond motifs is 1. The van der Waals surface area contributed by atoms with Crippen LogP contribution in [0.4, 0.5) is 13.2 Å². The summed E-state index contributed by atoms with van der Waals surface area (Å²) in [5.41, 5.74) is 1.38. The van der Waals surface area contributed by atoms with E-state index < -0.39 is 29.8 Å². The molecule has 108 valence electrons. The van der Waals surface area contributed by atoms with E-state index in [0.29, 0.717) is 10.5 Å². The Labute approximate surface area is 118 Å². The maximum absolute atomic E-state index is 12.6. The van der Waals surface area contributed by atoms with Crippen LogP contribution in [0.3, 0.4) is 0 Å². The van der Waals surface area contributed by atoms with E-state index in [1.807, 2.05) is 0 Å². The first-order valence-electron chi connectivity index (χ1n) is 5.88. The van der Waals surface area contributed by atoms with Crippen LogP contribution in [0, 0.1) is 0 Å². The van der Waals surface area contributed by atoms with Gasteiger partial charge in [-0.2, -0.15) is 13.2 Å². The van der Waals surface area contributed by atoms with Crippen LogP contribution in [0.5, 0.6) is 0 Å². The monoisotopic (exact) mass is 305 g/mol. The molecule has 1 aromatic rings. The van der Waals surface area contributed by atoms with Crippen molar-refractivity contribution in [2.75, 3.05) is 5.88 Å². The lowest BCUT2D eigenvalue weighted by Crippen LogP contribution is -2.53. The predicted molar refractivity (Wildman–Crippen MR) is 66.3 cm³/mol. The molecule has 1 unspecified atom stereocenters. The molecule has 1 heterocycles. The largest absolute Gasteiger partial charge is 0.471 e. The fourth-order valence-corrected chi connectivity index (χ4v) is 2.45. The van der Waals surface area contributed by atoms with E-state index in [2.05, 4.69) is 0 Å². The van der Waals surface area contributed by atoms with Crippen LogP contribution in [-0.2, 0) is 22.6 Å². The van der Waals surface area contributed by atoms with Crippen LogP contribution in [-0.4, -0.2) is 34.7 Å². The number of rotatable bonds is 2. The second-order valence-electron chi connectivity index (χ2n) is 4.52. The Morgan fingerprint density at radius 3 is 2.40 bits per heavy atom. The van der Waals surface area contributed by atoms with E-state index in [0.717, 1.165) is 5.56 Å². The second-order valence-corrected chi connectivity index (χ2v) is 4.79. The van der Waals surface area contributed by atoms with Gasteiger partial charge in [0, 0.05) is 13.0 Å². The molecule has 0 saturated heterocycles. The number of benzene rings is 1. The van der Waals surface area contributed by atoms with E-state index in [4.69, 9.17) is 11.6 Å². The summed E-state index contributed by atoms with van der Waals surface area (Å²) in [6.07, 6.45) is -4.94. The number of halogens is 4. The fraction of sp³-hybridized carbons (Fsp3) is 0.385. The summed E-state index contributed by atoms with van der Waals surface area (Å²) in [4.78, 5) is 23.8. The molecule has 0 aromatic heterocycles. The molecule has 1 aromatic carbocycles. The van der Waals surface area contributed by atoms with Crippen molar-refractivity contribution in [1.29, 1.82) is 0 Å². The second kappa shape index (κ2) is 5.44. The summed E-state index contributed by atoms with van der Waals surface area (Å²) in [7, 11) is 0. The number of nitrogens with zero attached hydrogens (tertiary/aromatic N) is 1. The average molecular weight is 306 g/mol. The molecule has 1 atom stereocenters. The third kappa shape index (κ3) is 2.80.